The lowest BCUT2D eigenvalue weighted by molar-refractivity contribution is -0.117. The first-order valence-corrected chi connectivity index (χ1v) is 12.0. The SMILES string of the molecule is CCOc1cc(/C=C2/C(=O)NN(c3ccccc3)C2=O)cc(Br)c1OCCOc1ccc(C)cc1. The highest BCUT2D eigenvalue weighted by Gasteiger charge is 2.34. The predicted molar refractivity (Wildman–Crippen MR) is 138 cm³/mol. The lowest BCUT2D eigenvalue weighted by atomic mass is 10.1. The van der Waals surface area contributed by atoms with Gasteiger partial charge < -0.3 is 14.2 Å². The number of anilines is 1. The molecule has 0 spiro atoms. The number of hydrazine groups is 1. The highest BCUT2D eigenvalue weighted by Crippen LogP contribution is 2.38. The fourth-order valence-electron chi connectivity index (χ4n) is 3.49. The van der Waals surface area contributed by atoms with E-state index in [0.29, 0.717) is 47.0 Å². The number of para-hydroxylation sites is 1. The van der Waals surface area contributed by atoms with Crippen LogP contribution in [-0.2, 0) is 9.59 Å². The molecule has 3 aromatic rings. The number of benzene rings is 3. The number of carbonyl (C=O) groups is 2. The summed E-state index contributed by atoms with van der Waals surface area (Å²) >= 11 is 3.53. The van der Waals surface area contributed by atoms with Crippen molar-refractivity contribution in [2.24, 2.45) is 0 Å². The maximum absolute atomic E-state index is 12.9. The summed E-state index contributed by atoms with van der Waals surface area (Å²) in [5, 5.41) is 1.23. The summed E-state index contributed by atoms with van der Waals surface area (Å²) in [7, 11) is 0. The van der Waals surface area contributed by atoms with Crippen LogP contribution in [0.5, 0.6) is 17.2 Å². The molecule has 1 aliphatic rings. The van der Waals surface area contributed by atoms with Gasteiger partial charge in [-0.2, -0.15) is 0 Å². The van der Waals surface area contributed by atoms with E-state index < -0.39 is 11.8 Å². The third-order valence-electron chi connectivity index (χ3n) is 5.17. The highest BCUT2D eigenvalue weighted by atomic mass is 79.9. The number of hydrogen-bond acceptors (Lipinski definition) is 5. The van der Waals surface area contributed by atoms with Gasteiger partial charge >= 0.3 is 0 Å². The van der Waals surface area contributed by atoms with Gasteiger partial charge in [-0.05, 0) is 77.8 Å². The van der Waals surface area contributed by atoms with E-state index in [0.717, 1.165) is 5.75 Å². The molecular weight excluding hydrogens is 512 g/mol. The summed E-state index contributed by atoms with van der Waals surface area (Å²) in [5.41, 5.74) is 5.01. The minimum atomic E-state index is -0.471. The van der Waals surface area contributed by atoms with Gasteiger partial charge in [0.25, 0.3) is 11.8 Å². The van der Waals surface area contributed by atoms with Crippen molar-refractivity contribution in [2.75, 3.05) is 24.8 Å². The molecule has 0 aliphatic carbocycles. The molecule has 1 aliphatic heterocycles. The number of ether oxygens (including phenoxy) is 3. The molecule has 0 radical (unpaired) electrons. The largest absolute Gasteiger partial charge is 0.490 e. The molecule has 0 bridgehead atoms. The zero-order valence-electron chi connectivity index (χ0n) is 19.4. The Bertz CT molecular complexity index is 1240. The van der Waals surface area contributed by atoms with Gasteiger partial charge in [0.1, 0.15) is 24.5 Å². The van der Waals surface area contributed by atoms with Crippen LogP contribution < -0.4 is 24.6 Å². The van der Waals surface area contributed by atoms with Gasteiger partial charge in [-0.25, -0.2) is 5.01 Å². The van der Waals surface area contributed by atoms with E-state index in [1.165, 1.54) is 16.6 Å². The van der Waals surface area contributed by atoms with Gasteiger partial charge in [0.15, 0.2) is 11.5 Å². The lowest BCUT2D eigenvalue weighted by Gasteiger charge is -2.15. The zero-order valence-corrected chi connectivity index (χ0v) is 21.0. The molecule has 7 nitrogen and oxygen atoms in total. The quantitative estimate of drug-likeness (QED) is 0.234. The van der Waals surface area contributed by atoms with Crippen LogP contribution in [0.2, 0.25) is 0 Å². The third-order valence-corrected chi connectivity index (χ3v) is 5.76. The average Bonchev–Trinajstić information content (AvgIpc) is 3.13. The normalized spacial score (nSPS) is 14.3. The number of rotatable bonds is 9. The van der Waals surface area contributed by atoms with Crippen molar-refractivity contribution < 1.29 is 23.8 Å². The van der Waals surface area contributed by atoms with E-state index in [1.54, 1.807) is 36.4 Å². The zero-order chi connectivity index (χ0) is 24.8. The maximum atomic E-state index is 12.9. The maximum Gasteiger partial charge on any atom is 0.282 e. The Morgan fingerprint density at radius 3 is 2.37 bits per heavy atom. The molecule has 1 heterocycles. The number of carbonyl (C=O) groups excluding carboxylic acids is 2. The minimum absolute atomic E-state index is 0.0309. The number of hydrogen-bond donors (Lipinski definition) is 1. The molecule has 0 saturated carbocycles. The van der Waals surface area contributed by atoms with Crippen molar-refractivity contribution in [2.45, 2.75) is 13.8 Å². The number of nitrogens with zero attached hydrogens (tertiary/aromatic N) is 1. The summed E-state index contributed by atoms with van der Waals surface area (Å²) in [6.07, 6.45) is 1.54. The van der Waals surface area contributed by atoms with Crippen molar-refractivity contribution in [1.82, 2.24) is 5.43 Å². The Morgan fingerprint density at radius 2 is 1.66 bits per heavy atom. The first-order valence-electron chi connectivity index (χ1n) is 11.2. The smallest absolute Gasteiger partial charge is 0.282 e. The van der Waals surface area contributed by atoms with Gasteiger partial charge in [0, 0.05) is 0 Å². The summed E-state index contributed by atoms with van der Waals surface area (Å²) in [6.45, 7) is 4.98. The average molecular weight is 537 g/mol. The van der Waals surface area contributed by atoms with Gasteiger partial charge in [0.2, 0.25) is 0 Å². The molecule has 1 fully saturated rings. The number of aryl methyl sites for hydroxylation is 1. The van der Waals surface area contributed by atoms with Crippen LogP contribution in [0, 0.1) is 6.92 Å². The second-order valence-corrected chi connectivity index (χ2v) is 8.60. The van der Waals surface area contributed by atoms with E-state index in [-0.39, 0.29) is 5.57 Å². The van der Waals surface area contributed by atoms with Crippen LogP contribution in [0.4, 0.5) is 5.69 Å². The minimum Gasteiger partial charge on any atom is -0.490 e. The van der Waals surface area contributed by atoms with E-state index >= 15 is 0 Å². The van der Waals surface area contributed by atoms with Crippen LogP contribution >= 0.6 is 15.9 Å². The summed E-state index contributed by atoms with van der Waals surface area (Å²) in [4.78, 5) is 25.4. The summed E-state index contributed by atoms with van der Waals surface area (Å²) in [5.74, 6) is 0.893. The molecule has 0 unspecified atom stereocenters. The Labute approximate surface area is 212 Å². The van der Waals surface area contributed by atoms with Crippen molar-refractivity contribution >= 4 is 39.5 Å². The number of nitrogens with one attached hydrogen (secondary N) is 1. The number of amides is 2. The van der Waals surface area contributed by atoms with Crippen molar-refractivity contribution in [3.63, 3.8) is 0 Å². The first kappa shape index (κ1) is 24.3. The van der Waals surface area contributed by atoms with Gasteiger partial charge in [0.05, 0.1) is 16.8 Å². The molecule has 3 aromatic carbocycles. The molecular formula is C27H25BrN2O5. The molecule has 1 N–H and O–H groups in total. The predicted octanol–water partition coefficient (Wildman–Crippen LogP) is 5.08. The summed E-state index contributed by atoms with van der Waals surface area (Å²) < 4.78 is 18.1. The van der Waals surface area contributed by atoms with Crippen LogP contribution in [0.1, 0.15) is 18.1 Å². The van der Waals surface area contributed by atoms with Gasteiger partial charge in [-0.15, -0.1) is 0 Å². The van der Waals surface area contributed by atoms with E-state index in [4.69, 9.17) is 14.2 Å². The Balaban J connectivity index is 1.49. The highest BCUT2D eigenvalue weighted by molar-refractivity contribution is 9.10. The van der Waals surface area contributed by atoms with Crippen LogP contribution in [0.25, 0.3) is 6.08 Å². The van der Waals surface area contributed by atoms with E-state index in [2.05, 4.69) is 21.4 Å². The summed E-state index contributed by atoms with van der Waals surface area (Å²) in [6, 6.07) is 20.3. The topological polar surface area (TPSA) is 77.1 Å². The van der Waals surface area contributed by atoms with Crippen molar-refractivity contribution in [3.05, 3.63) is 87.9 Å². The standard InChI is InChI=1S/C27H25BrN2O5/c1-3-33-24-17-19(15-22-26(31)29-30(27(22)32)20-7-5-4-6-8-20)16-23(28)25(24)35-14-13-34-21-11-9-18(2)10-12-21/h4-12,15-17H,3,13-14H2,1-2H3,(H,29,31)/b22-15-. The monoisotopic (exact) mass is 536 g/mol. The molecule has 35 heavy (non-hydrogen) atoms. The second kappa shape index (κ2) is 11.1. The van der Waals surface area contributed by atoms with E-state index in [1.807, 2.05) is 44.2 Å². The van der Waals surface area contributed by atoms with Crippen molar-refractivity contribution in [3.8, 4) is 17.2 Å². The molecule has 1 saturated heterocycles. The van der Waals surface area contributed by atoms with Crippen LogP contribution in [0.3, 0.4) is 0 Å². The Kier molecular flexibility index (Phi) is 7.72. The molecule has 4 rings (SSSR count). The molecule has 0 atom stereocenters. The third kappa shape index (κ3) is 5.84. The molecule has 2 amide bonds. The molecule has 8 heteroatoms. The fraction of sp³-hybridized carbons (Fsp3) is 0.185. The van der Waals surface area contributed by atoms with Crippen LogP contribution in [-0.4, -0.2) is 31.6 Å². The molecule has 180 valence electrons. The first-order chi connectivity index (χ1) is 17.0. The lowest BCUT2D eigenvalue weighted by Crippen LogP contribution is -2.35. The van der Waals surface area contributed by atoms with Gasteiger partial charge in [-0.1, -0.05) is 35.9 Å². The van der Waals surface area contributed by atoms with Crippen molar-refractivity contribution in [1.29, 1.82) is 0 Å². The second-order valence-electron chi connectivity index (χ2n) is 7.75. The fourth-order valence-corrected chi connectivity index (χ4v) is 4.07. The molecule has 0 aromatic heterocycles. The van der Waals surface area contributed by atoms with Gasteiger partial charge in [-0.3, -0.25) is 15.0 Å². The van der Waals surface area contributed by atoms with Crippen LogP contribution in [0.15, 0.2) is 76.8 Å². The number of halogens is 1. The Morgan fingerprint density at radius 1 is 0.943 bits per heavy atom. The van der Waals surface area contributed by atoms with E-state index in [9.17, 15) is 9.59 Å². The Hall–Kier alpha value is -3.78.